The molecule has 1 amide bonds. The number of ether oxygens (including phenoxy) is 2. The summed E-state index contributed by atoms with van der Waals surface area (Å²) >= 11 is 0. The molecule has 1 N–H and O–H groups in total. The van der Waals surface area contributed by atoms with Gasteiger partial charge in [-0.25, -0.2) is 4.98 Å². The van der Waals surface area contributed by atoms with Gasteiger partial charge in [0.25, 0.3) is 11.6 Å². The van der Waals surface area contributed by atoms with Crippen molar-refractivity contribution in [3.63, 3.8) is 0 Å². The van der Waals surface area contributed by atoms with Crippen LogP contribution in [-0.4, -0.2) is 47.4 Å². The number of hydrogen-bond acceptors (Lipinski definition) is 7. The standard InChI is InChI=1S/C18H20N4O4/c1-2-24-10-6-9-19-14(23)11-25-17-15-16(13-7-4-3-5-8-13)22-26-18(15)21-12-20-17/h3-5,7-8,12H,2,6,9-11H2,1H3,(H,19,23). The van der Waals surface area contributed by atoms with Gasteiger partial charge in [0.2, 0.25) is 5.88 Å². The predicted molar refractivity (Wildman–Crippen MR) is 94.6 cm³/mol. The second kappa shape index (κ2) is 8.91. The van der Waals surface area contributed by atoms with Crippen LogP contribution >= 0.6 is 0 Å². The number of nitrogens with one attached hydrogen (secondary N) is 1. The number of rotatable bonds is 9. The van der Waals surface area contributed by atoms with Crippen molar-refractivity contribution in [3.8, 4) is 17.1 Å². The number of fused-ring (bicyclic) bond motifs is 1. The molecule has 0 spiro atoms. The van der Waals surface area contributed by atoms with Crippen molar-refractivity contribution in [3.05, 3.63) is 36.7 Å². The van der Waals surface area contributed by atoms with Crippen molar-refractivity contribution in [2.75, 3.05) is 26.4 Å². The van der Waals surface area contributed by atoms with E-state index >= 15 is 0 Å². The highest BCUT2D eigenvalue weighted by Crippen LogP contribution is 2.32. The minimum absolute atomic E-state index is 0.153. The molecule has 0 aliphatic heterocycles. The van der Waals surface area contributed by atoms with Gasteiger partial charge in [-0.2, -0.15) is 4.98 Å². The highest BCUT2D eigenvalue weighted by Gasteiger charge is 2.18. The molecule has 0 unspecified atom stereocenters. The lowest BCUT2D eigenvalue weighted by atomic mass is 10.1. The molecule has 0 saturated heterocycles. The summed E-state index contributed by atoms with van der Waals surface area (Å²) < 4.78 is 16.1. The highest BCUT2D eigenvalue weighted by atomic mass is 16.5. The first-order valence-corrected chi connectivity index (χ1v) is 8.42. The Bertz CT molecular complexity index is 851. The van der Waals surface area contributed by atoms with E-state index in [0.29, 0.717) is 36.6 Å². The fourth-order valence-corrected chi connectivity index (χ4v) is 2.39. The van der Waals surface area contributed by atoms with Crippen molar-refractivity contribution in [1.29, 1.82) is 0 Å². The van der Waals surface area contributed by atoms with Gasteiger partial charge in [-0.05, 0) is 13.3 Å². The van der Waals surface area contributed by atoms with E-state index in [1.54, 1.807) is 0 Å². The Hall–Kier alpha value is -3.00. The van der Waals surface area contributed by atoms with Crippen LogP contribution in [0.25, 0.3) is 22.4 Å². The molecule has 0 fully saturated rings. The molecule has 26 heavy (non-hydrogen) atoms. The van der Waals surface area contributed by atoms with E-state index in [1.165, 1.54) is 6.33 Å². The van der Waals surface area contributed by atoms with E-state index in [4.69, 9.17) is 14.0 Å². The molecule has 3 rings (SSSR count). The van der Waals surface area contributed by atoms with Crippen LogP contribution in [0.1, 0.15) is 13.3 Å². The van der Waals surface area contributed by atoms with Gasteiger partial charge in [-0.1, -0.05) is 35.5 Å². The monoisotopic (exact) mass is 356 g/mol. The Morgan fingerprint density at radius 3 is 2.88 bits per heavy atom. The van der Waals surface area contributed by atoms with Crippen LogP contribution < -0.4 is 10.1 Å². The second-order valence-electron chi connectivity index (χ2n) is 5.45. The molecular formula is C18H20N4O4. The maximum absolute atomic E-state index is 11.9. The molecule has 0 bridgehead atoms. The molecule has 8 heteroatoms. The van der Waals surface area contributed by atoms with Crippen molar-refractivity contribution in [1.82, 2.24) is 20.4 Å². The Balaban J connectivity index is 1.67. The van der Waals surface area contributed by atoms with E-state index in [2.05, 4.69) is 20.4 Å². The number of amides is 1. The summed E-state index contributed by atoms with van der Waals surface area (Å²) in [5, 5.41) is 7.38. The van der Waals surface area contributed by atoms with Crippen LogP contribution in [0.5, 0.6) is 5.88 Å². The Morgan fingerprint density at radius 1 is 1.23 bits per heavy atom. The molecule has 1 aromatic carbocycles. The molecule has 8 nitrogen and oxygen atoms in total. The minimum atomic E-state index is -0.231. The molecule has 3 aromatic rings. The zero-order valence-electron chi connectivity index (χ0n) is 14.5. The lowest BCUT2D eigenvalue weighted by Gasteiger charge is -2.07. The van der Waals surface area contributed by atoms with Gasteiger partial charge in [-0.3, -0.25) is 4.79 Å². The van der Waals surface area contributed by atoms with E-state index in [0.717, 1.165) is 12.0 Å². The number of carbonyl (C=O) groups is 1. The third-order valence-electron chi connectivity index (χ3n) is 3.62. The molecule has 2 aromatic heterocycles. The van der Waals surface area contributed by atoms with E-state index in [1.807, 2.05) is 37.3 Å². The number of benzene rings is 1. The molecule has 0 aliphatic carbocycles. The van der Waals surface area contributed by atoms with Crippen molar-refractivity contribution in [2.24, 2.45) is 0 Å². The maximum atomic E-state index is 11.9. The third-order valence-corrected chi connectivity index (χ3v) is 3.62. The topological polar surface area (TPSA) is 99.4 Å². The summed E-state index contributed by atoms with van der Waals surface area (Å²) in [5.41, 5.74) is 1.74. The van der Waals surface area contributed by atoms with E-state index in [9.17, 15) is 4.79 Å². The van der Waals surface area contributed by atoms with Crippen molar-refractivity contribution in [2.45, 2.75) is 13.3 Å². The van der Waals surface area contributed by atoms with Crippen LogP contribution in [0.2, 0.25) is 0 Å². The van der Waals surface area contributed by atoms with Crippen LogP contribution in [0.4, 0.5) is 0 Å². The van der Waals surface area contributed by atoms with Crippen LogP contribution in [0.3, 0.4) is 0 Å². The number of aromatic nitrogens is 3. The van der Waals surface area contributed by atoms with Gasteiger partial charge in [0.1, 0.15) is 17.4 Å². The number of nitrogens with zero attached hydrogens (tertiary/aromatic N) is 3. The number of carbonyl (C=O) groups excluding carboxylic acids is 1. The van der Waals surface area contributed by atoms with E-state index in [-0.39, 0.29) is 18.4 Å². The highest BCUT2D eigenvalue weighted by molar-refractivity contribution is 5.93. The van der Waals surface area contributed by atoms with Crippen LogP contribution in [0, 0.1) is 0 Å². The van der Waals surface area contributed by atoms with Gasteiger partial charge in [0.05, 0.1) is 0 Å². The zero-order valence-corrected chi connectivity index (χ0v) is 14.5. The quantitative estimate of drug-likeness (QED) is 0.587. The number of hydrogen-bond donors (Lipinski definition) is 1. The summed E-state index contributed by atoms with van der Waals surface area (Å²) in [6.07, 6.45) is 2.07. The van der Waals surface area contributed by atoms with E-state index < -0.39 is 0 Å². The average Bonchev–Trinajstić information content (AvgIpc) is 3.11. The smallest absolute Gasteiger partial charge is 0.265 e. The van der Waals surface area contributed by atoms with Gasteiger partial charge in [-0.15, -0.1) is 0 Å². The summed E-state index contributed by atoms with van der Waals surface area (Å²) in [4.78, 5) is 20.1. The minimum Gasteiger partial charge on any atom is -0.467 e. The van der Waals surface area contributed by atoms with Gasteiger partial charge >= 0.3 is 0 Å². The lowest BCUT2D eigenvalue weighted by Crippen LogP contribution is -2.30. The predicted octanol–water partition coefficient (Wildman–Crippen LogP) is 2.21. The van der Waals surface area contributed by atoms with Crippen LogP contribution in [-0.2, 0) is 9.53 Å². The summed E-state index contributed by atoms with van der Waals surface area (Å²) in [5.74, 6) is 0.0329. The first-order valence-electron chi connectivity index (χ1n) is 8.42. The maximum Gasteiger partial charge on any atom is 0.265 e. The normalized spacial score (nSPS) is 10.8. The largest absolute Gasteiger partial charge is 0.467 e. The zero-order chi connectivity index (χ0) is 18.2. The van der Waals surface area contributed by atoms with Crippen LogP contribution in [0.15, 0.2) is 41.2 Å². The Labute approximate surface area is 150 Å². The molecule has 2 heterocycles. The van der Waals surface area contributed by atoms with Crippen molar-refractivity contribution >= 4 is 17.0 Å². The summed E-state index contributed by atoms with van der Waals surface area (Å²) in [6.45, 7) is 3.60. The average molecular weight is 356 g/mol. The van der Waals surface area contributed by atoms with Crippen molar-refractivity contribution < 1.29 is 18.8 Å². The first-order chi connectivity index (χ1) is 12.8. The lowest BCUT2D eigenvalue weighted by molar-refractivity contribution is -0.123. The molecule has 0 radical (unpaired) electrons. The fraction of sp³-hybridized carbons (Fsp3) is 0.333. The Kier molecular flexibility index (Phi) is 6.10. The molecule has 0 aliphatic rings. The fourth-order valence-electron chi connectivity index (χ4n) is 2.39. The molecule has 0 atom stereocenters. The van der Waals surface area contributed by atoms with Gasteiger partial charge < -0.3 is 19.3 Å². The third kappa shape index (κ3) is 4.34. The molecule has 136 valence electrons. The Morgan fingerprint density at radius 2 is 2.08 bits per heavy atom. The van der Waals surface area contributed by atoms with Gasteiger partial charge in [0, 0.05) is 25.3 Å². The second-order valence-corrected chi connectivity index (χ2v) is 5.45. The molecular weight excluding hydrogens is 336 g/mol. The van der Waals surface area contributed by atoms with Gasteiger partial charge in [0.15, 0.2) is 6.61 Å². The molecule has 0 saturated carbocycles. The summed E-state index contributed by atoms with van der Waals surface area (Å²) in [6, 6.07) is 9.51. The first kappa shape index (κ1) is 17.8. The summed E-state index contributed by atoms with van der Waals surface area (Å²) in [7, 11) is 0. The SMILES string of the molecule is CCOCCCNC(=O)COc1ncnc2onc(-c3ccccc3)c12.